The highest BCUT2D eigenvalue weighted by atomic mass is 35.5. The Kier molecular flexibility index (Phi) is 5.36. The summed E-state index contributed by atoms with van der Waals surface area (Å²) in [6.07, 6.45) is 3.13. The Morgan fingerprint density at radius 2 is 2.12 bits per heavy atom. The van der Waals surface area contributed by atoms with Gasteiger partial charge in [-0.05, 0) is 36.8 Å². The summed E-state index contributed by atoms with van der Waals surface area (Å²) in [5.74, 6) is 0.366. The van der Waals surface area contributed by atoms with E-state index in [1.165, 1.54) is 6.26 Å². The summed E-state index contributed by atoms with van der Waals surface area (Å²) in [6.45, 7) is 2.40. The SMILES string of the molecule is CCOC(=O)c1occc1-c1cccc(OCc2ccc(Cl)nc2)c1. The van der Waals surface area contributed by atoms with E-state index < -0.39 is 5.97 Å². The first-order valence-electron chi connectivity index (χ1n) is 7.75. The van der Waals surface area contributed by atoms with E-state index in [0.29, 0.717) is 23.1 Å². The molecule has 0 amide bonds. The van der Waals surface area contributed by atoms with E-state index in [1.54, 1.807) is 25.3 Å². The predicted molar refractivity (Wildman–Crippen MR) is 93.7 cm³/mol. The minimum absolute atomic E-state index is 0.181. The summed E-state index contributed by atoms with van der Waals surface area (Å²) in [6, 6.07) is 12.7. The summed E-state index contributed by atoms with van der Waals surface area (Å²) in [4.78, 5) is 16.0. The van der Waals surface area contributed by atoms with Gasteiger partial charge in [-0.25, -0.2) is 9.78 Å². The van der Waals surface area contributed by atoms with E-state index in [0.717, 1.165) is 11.1 Å². The highest BCUT2D eigenvalue weighted by Gasteiger charge is 2.18. The first kappa shape index (κ1) is 17.0. The molecule has 0 unspecified atom stereocenters. The predicted octanol–water partition coefficient (Wildman–Crippen LogP) is 4.75. The molecule has 0 saturated heterocycles. The van der Waals surface area contributed by atoms with Crippen LogP contribution < -0.4 is 4.74 Å². The molecule has 5 nitrogen and oxygen atoms in total. The highest BCUT2D eigenvalue weighted by Crippen LogP contribution is 2.28. The molecule has 0 atom stereocenters. The number of carbonyl (C=O) groups excluding carboxylic acids is 1. The number of hydrogen-bond donors (Lipinski definition) is 0. The topological polar surface area (TPSA) is 61.6 Å². The minimum atomic E-state index is -0.485. The van der Waals surface area contributed by atoms with Crippen LogP contribution in [0.5, 0.6) is 5.75 Å². The van der Waals surface area contributed by atoms with E-state index in [2.05, 4.69) is 4.98 Å². The van der Waals surface area contributed by atoms with E-state index in [9.17, 15) is 4.79 Å². The van der Waals surface area contributed by atoms with Crippen LogP contribution in [0.4, 0.5) is 0 Å². The van der Waals surface area contributed by atoms with Crippen LogP contribution in [0.3, 0.4) is 0 Å². The lowest BCUT2D eigenvalue weighted by Gasteiger charge is -2.08. The van der Waals surface area contributed by atoms with Crippen LogP contribution in [0.25, 0.3) is 11.1 Å². The fourth-order valence-corrected chi connectivity index (χ4v) is 2.42. The number of benzene rings is 1. The molecule has 0 radical (unpaired) electrons. The van der Waals surface area contributed by atoms with Crippen molar-refractivity contribution in [3.8, 4) is 16.9 Å². The van der Waals surface area contributed by atoms with Crippen molar-refractivity contribution in [1.29, 1.82) is 0 Å². The van der Waals surface area contributed by atoms with Gasteiger partial charge in [-0.3, -0.25) is 0 Å². The number of pyridine rings is 1. The Morgan fingerprint density at radius 1 is 1.24 bits per heavy atom. The highest BCUT2D eigenvalue weighted by molar-refractivity contribution is 6.29. The van der Waals surface area contributed by atoms with Crippen molar-refractivity contribution in [3.63, 3.8) is 0 Å². The van der Waals surface area contributed by atoms with Crippen molar-refractivity contribution in [3.05, 3.63) is 71.4 Å². The number of esters is 1. The van der Waals surface area contributed by atoms with Crippen molar-refractivity contribution < 1.29 is 18.7 Å². The zero-order valence-electron chi connectivity index (χ0n) is 13.6. The van der Waals surface area contributed by atoms with Gasteiger partial charge in [-0.15, -0.1) is 0 Å². The first-order chi connectivity index (χ1) is 12.2. The Bertz CT molecular complexity index is 858. The number of rotatable bonds is 6. The second-order valence-corrected chi connectivity index (χ2v) is 5.58. The van der Waals surface area contributed by atoms with Crippen molar-refractivity contribution in [1.82, 2.24) is 4.98 Å². The summed E-state index contributed by atoms with van der Waals surface area (Å²) in [7, 11) is 0. The Morgan fingerprint density at radius 3 is 2.88 bits per heavy atom. The second kappa shape index (κ2) is 7.85. The fraction of sp³-hybridized carbons (Fsp3) is 0.158. The van der Waals surface area contributed by atoms with Crippen molar-refractivity contribution in [2.45, 2.75) is 13.5 Å². The summed E-state index contributed by atoms with van der Waals surface area (Å²) in [5, 5.41) is 0.442. The van der Waals surface area contributed by atoms with Gasteiger partial charge in [0.2, 0.25) is 5.76 Å². The molecule has 0 spiro atoms. The van der Waals surface area contributed by atoms with Crippen molar-refractivity contribution in [2.24, 2.45) is 0 Å². The maximum Gasteiger partial charge on any atom is 0.374 e. The number of nitrogens with zero attached hydrogens (tertiary/aromatic N) is 1. The summed E-state index contributed by atoms with van der Waals surface area (Å²) >= 11 is 5.77. The van der Waals surface area contributed by atoms with Gasteiger partial charge in [0.1, 0.15) is 17.5 Å². The molecule has 3 rings (SSSR count). The maximum atomic E-state index is 12.0. The van der Waals surface area contributed by atoms with Gasteiger partial charge in [0.15, 0.2) is 0 Å². The van der Waals surface area contributed by atoms with Gasteiger partial charge in [-0.1, -0.05) is 29.8 Å². The second-order valence-electron chi connectivity index (χ2n) is 5.19. The van der Waals surface area contributed by atoms with Gasteiger partial charge in [0, 0.05) is 17.3 Å². The van der Waals surface area contributed by atoms with Crippen LogP contribution in [-0.2, 0) is 11.3 Å². The average molecular weight is 358 g/mol. The largest absolute Gasteiger partial charge is 0.489 e. The molecule has 0 bridgehead atoms. The van der Waals surface area contributed by atoms with Crippen molar-refractivity contribution >= 4 is 17.6 Å². The smallest absolute Gasteiger partial charge is 0.374 e. The Labute approximate surface area is 150 Å². The number of furan rings is 1. The number of ether oxygens (including phenoxy) is 2. The lowest BCUT2D eigenvalue weighted by atomic mass is 10.1. The average Bonchev–Trinajstić information content (AvgIpc) is 3.12. The molecular formula is C19H16ClNO4. The fourth-order valence-electron chi connectivity index (χ4n) is 2.30. The van der Waals surface area contributed by atoms with E-state index in [1.807, 2.05) is 30.3 Å². The molecule has 2 heterocycles. The van der Waals surface area contributed by atoms with E-state index >= 15 is 0 Å². The molecule has 2 aromatic heterocycles. The van der Waals surface area contributed by atoms with Gasteiger partial charge in [0.05, 0.1) is 12.9 Å². The molecule has 1 aromatic carbocycles. The standard InChI is InChI=1S/C19H16ClNO4/c1-2-23-19(22)18-16(8-9-24-18)14-4-3-5-15(10-14)25-12-13-6-7-17(20)21-11-13/h3-11H,2,12H2,1H3. The summed E-state index contributed by atoms with van der Waals surface area (Å²) in [5.41, 5.74) is 2.38. The molecular weight excluding hydrogens is 342 g/mol. The molecule has 0 fully saturated rings. The molecule has 0 saturated carbocycles. The zero-order chi connectivity index (χ0) is 17.6. The van der Waals surface area contributed by atoms with Gasteiger partial charge in [-0.2, -0.15) is 0 Å². The van der Waals surface area contributed by atoms with Crippen LogP contribution in [0.1, 0.15) is 23.0 Å². The Balaban J connectivity index is 1.77. The molecule has 6 heteroatoms. The first-order valence-corrected chi connectivity index (χ1v) is 8.13. The van der Waals surface area contributed by atoms with Crippen LogP contribution in [0.15, 0.2) is 59.3 Å². The van der Waals surface area contributed by atoms with E-state index in [-0.39, 0.29) is 12.4 Å². The third kappa shape index (κ3) is 4.19. The lowest BCUT2D eigenvalue weighted by Crippen LogP contribution is -2.04. The molecule has 25 heavy (non-hydrogen) atoms. The molecule has 0 aliphatic heterocycles. The minimum Gasteiger partial charge on any atom is -0.489 e. The third-order valence-electron chi connectivity index (χ3n) is 3.47. The van der Waals surface area contributed by atoms with Gasteiger partial charge < -0.3 is 13.9 Å². The molecule has 128 valence electrons. The lowest BCUT2D eigenvalue weighted by molar-refractivity contribution is 0.0491. The number of aromatic nitrogens is 1. The molecule has 0 N–H and O–H groups in total. The normalized spacial score (nSPS) is 10.5. The van der Waals surface area contributed by atoms with Crippen LogP contribution in [0.2, 0.25) is 5.15 Å². The van der Waals surface area contributed by atoms with Gasteiger partial charge >= 0.3 is 5.97 Å². The number of carbonyl (C=O) groups is 1. The van der Waals surface area contributed by atoms with Crippen LogP contribution >= 0.6 is 11.6 Å². The maximum absolute atomic E-state index is 12.0. The molecule has 3 aromatic rings. The number of hydrogen-bond acceptors (Lipinski definition) is 5. The Hall–Kier alpha value is -2.79. The summed E-state index contributed by atoms with van der Waals surface area (Å²) < 4.78 is 16.1. The van der Waals surface area contributed by atoms with Crippen LogP contribution in [-0.4, -0.2) is 17.6 Å². The zero-order valence-corrected chi connectivity index (χ0v) is 14.3. The van der Waals surface area contributed by atoms with Gasteiger partial charge in [0.25, 0.3) is 0 Å². The third-order valence-corrected chi connectivity index (χ3v) is 3.69. The molecule has 0 aliphatic rings. The monoisotopic (exact) mass is 357 g/mol. The van der Waals surface area contributed by atoms with Crippen molar-refractivity contribution in [2.75, 3.05) is 6.61 Å². The number of halogens is 1. The van der Waals surface area contributed by atoms with Crippen LogP contribution in [0, 0.1) is 0 Å². The van der Waals surface area contributed by atoms with E-state index in [4.69, 9.17) is 25.5 Å². The molecule has 0 aliphatic carbocycles. The quantitative estimate of drug-likeness (QED) is 0.470.